The highest BCUT2D eigenvalue weighted by Gasteiger charge is 2.22. The van der Waals surface area contributed by atoms with Crippen molar-refractivity contribution in [1.29, 1.82) is 0 Å². The second-order valence-corrected chi connectivity index (χ2v) is 4.81. The van der Waals surface area contributed by atoms with Crippen molar-refractivity contribution in [3.05, 3.63) is 46.8 Å². The second kappa shape index (κ2) is 5.78. The molecule has 0 radical (unpaired) electrons. The quantitative estimate of drug-likeness (QED) is 0.896. The smallest absolute Gasteiger partial charge is 0.339 e. The van der Waals surface area contributed by atoms with Crippen LogP contribution in [0.25, 0.3) is 0 Å². The molecule has 0 spiro atoms. The molecule has 1 heterocycles. The highest BCUT2D eigenvalue weighted by Crippen LogP contribution is 2.25. The molecule has 0 aliphatic carbocycles. The van der Waals surface area contributed by atoms with Gasteiger partial charge in [0.2, 0.25) is 5.95 Å². The molecule has 6 nitrogen and oxygen atoms in total. The Balaban J connectivity index is 2.36. The van der Waals surface area contributed by atoms with Crippen LogP contribution in [0.1, 0.15) is 40.3 Å². The van der Waals surface area contributed by atoms with E-state index < -0.39 is 12.1 Å². The van der Waals surface area contributed by atoms with Gasteiger partial charge < -0.3 is 15.6 Å². The number of aryl methyl sites for hydroxylation is 2. The molecule has 21 heavy (non-hydrogen) atoms. The number of benzene rings is 1. The molecule has 110 valence electrons. The first-order chi connectivity index (χ1) is 9.88. The third-order valence-corrected chi connectivity index (χ3v) is 3.07. The summed E-state index contributed by atoms with van der Waals surface area (Å²) in [6, 6.07) is 7.48. The molecule has 0 saturated carbocycles. The molecule has 2 aromatic rings. The van der Waals surface area contributed by atoms with Gasteiger partial charge in [-0.3, -0.25) is 0 Å². The number of rotatable bonds is 4. The van der Waals surface area contributed by atoms with Crippen LogP contribution < -0.4 is 10.5 Å². The number of anilines is 1. The topological polar surface area (TPSA) is 98.3 Å². The summed E-state index contributed by atoms with van der Waals surface area (Å²) in [7, 11) is 0. The van der Waals surface area contributed by atoms with Crippen molar-refractivity contribution in [2.45, 2.75) is 26.9 Å². The van der Waals surface area contributed by atoms with Crippen LogP contribution in [0.5, 0.6) is 5.75 Å². The maximum atomic E-state index is 11.4. The first kappa shape index (κ1) is 14.8. The van der Waals surface area contributed by atoms with E-state index in [9.17, 15) is 9.90 Å². The van der Waals surface area contributed by atoms with Crippen molar-refractivity contribution in [2.75, 3.05) is 5.73 Å². The summed E-state index contributed by atoms with van der Waals surface area (Å²) < 4.78 is 5.75. The monoisotopic (exact) mass is 287 g/mol. The van der Waals surface area contributed by atoms with Crippen LogP contribution in [0.15, 0.2) is 24.3 Å². The van der Waals surface area contributed by atoms with Crippen LogP contribution in [-0.4, -0.2) is 21.0 Å². The van der Waals surface area contributed by atoms with Crippen molar-refractivity contribution in [1.82, 2.24) is 9.97 Å². The van der Waals surface area contributed by atoms with Crippen molar-refractivity contribution in [2.24, 2.45) is 0 Å². The van der Waals surface area contributed by atoms with Crippen LogP contribution in [0.4, 0.5) is 5.95 Å². The van der Waals surface area contributed by atoms with Crippen LogP contribution in [0, 0.1) is 13.8 Å². The molecule has 1 unspecified atom stereocenters. The summed E-state index contributed by atoms with van der Waals surface area (Å²) in [5, 5.41) is 9.31. The fourth-order valence-electron chi connectivity index (χ4n) is 2.05. The molecule has 1 atom stereocenters. The highest BCUT2D eigenvalue weighted by atomic mass is 16.5. The number of nitrogens with zero attached hydrogens (tertiary/aromatic N) is 2. The number of carboxylic acids is 1. The van der Waals surface area contributed by atoms with E-state index in [0.717, 1.165) is 5.56 Å². The number of hydrogen-bond donors (Lipinski definition) is 2. The minimum absolute atomic E-state index is 0.0313. The fraction of sp³-hybridized carbons (Fsp3) is 0.267. The van der Waals surface area contributed by atoms with Gasteiger partial charge in [0.05, 0.1) is 5.69 Å². The van der Waals surface area contributed by atoms with Crippen LogP contribution >= 0.6 is 0 Å². The van der Waals surface area contributed by atoms with Gasteiger partial charge >= 0.3 is 5.97 Å². The summed E-state index contributed by atoms with van der Waals surface area (Å²) in [5.74, 6) is -0.423. The standard InChI is InChI=1S/C15H17N3O3/c1-8-4-6-11(7-5-8)21-10(3)13-12(14(19)20)9(2)17-15(16)18-13/h4-7,10H,1-3H3,(H,19,20)(H2,16,17,18). The zero-order chi connectivity index (χ0) is 15.6. The Bertz CT molecular complexity index is 669. The first-order valence-electron chi connectivity index (χ1n) is 6.49. The maximum Gasteiger partial charge on any atom is 0.339 e. The average molecular weight is 287 g/mol. The lowest BCUT2D eigenvalue weighted by atomic mass is 10.1. The number of nitrogen functional groups attached to an aromatic ring is 1. The molecule has 2 rings (SSSR count). The number of carboxylic acid groups (broad SMARTS) is 1. The average Bonchev–Trinajstić information content (AvgIpc) is 2.39. The molecule has 6 heteroatoms. The highest BCUT2D eigenvalue weighted by molar-refractivity contribution is 5.90. The number of hydrogen-bond acceptors (Lipinski definition) is 5. The Morgan fingerprint density at radius 3 is 2.43 bits per heavy atom. The minimum atomic E-state index is -1.10. The lowest BCUT2D eigenvalue weighted by Gasteiger charge is -2.17. The van der Waals surface area contributed by atoms with E-state index in [1.165, 1.54) is 0 Å². The van der Waals surface area contributed by atoms with Crippen molar-refractivity contribution >= 4 is 11.9 Å². The van der Waals surface area contributed by atoms with Gasteiger partial charge in [-0.2, -0.15) is 0 Å². The molecule has 0 aliphatic heterocycles. The molecule has 0 fully saturated rings. The van der Waals surface area contributed by atoms with Gasteiger partial charge in [0, 0.05) is 0 Å². The van der Waals surface area contributed by atoms with Gasteiger partial charge in [0.25, 0.3) is 0 Å². The zero-order valence-electron chi connectivity index (χ0n) is 12.1. The Morgan fingerprint density at radius 2 is 1.86 bits per heavy atom. The Kier molecular flexibility index (Phi) is 4.07. The van der Waals surface area contributed by atoms with Crippen molar-refractivity contribution in [3.8, 4) is 5.75 Å². The van der Waals surface area contributed by atoms with Gasteiger partial charge in [-0.05, 0) is 32.9 Å². The van der Waals surface area contributed by atoms with Crippen LogP contribution in [0.3, 0.4) is 0 Å². The molecule has 0 aliphatic rings. The van der Waals surface area contributed by atoms with E-state index in [1.807, 2.05) is 31.2 Å². The molecule has 0 bridgehead atoms. The number of ether oxygens (including phenoxy) is 1. The molecule has 1 aromatic carbocycles. The fourth-order valence-corrected chi connectivity index (χ4v) is 2.05. The van der Waals surface area contributed by atoms with Gasteiger partial charge in [0.15, 0.2) is 0 Å². The predicted octanol–water partition coefficient (Wildman–Crippen LogP) is 2.51. The van der Waals surface area contributed by atoms with E-state index in [1.54, 1.807) is 13.8 Å². The van der Waals surface area contributed by atoms with E-state index >= 15 is 0 Å². The normalized spacial score (nSPS) is 12.0. The summed E-state index contributed by atoms with van der Waals surface area (Å²) in [6.45, 7) is 5.29. The molecule has 3 N–H and O–H groups in total. The third-order valence-electron chi connectivity index (χ3n) is 3.07. The summed E-state index contributed by atoms with van der Waals surface area (Å²) in [6.07, 6.45) is -0.553. The van der Waals surface area contributed by atoms with Gasteiger partial charge in [0.1, 0.15) is 23.1 Å². The largest absolute Gasteiger partial charge is 0.484 e. The Labute approximate surface area is 122 Å². The maximum absolute atomic E-state index is 11.4. The molecular formula is C15H17N3O3. The zero-order valence-corrected chi connectivity index (χ0v) is 12.1. The lowest BCUT2D eigenvalue weighted by Crippen LogP contribution is -2.17. The van der Waals surface area contributed by atoms with Crippen molar-refractivity contribution < 1.29 is 14.6 Å². The van der Waals surface area contributed by atoms with E-state index in [0.29, 0.717) is 11.4 Å². The number of aromatic carboxylic acids is 1. The lowest BCUT2D eigenvalue weighted by molar-refractivity contribution is 0.0689. The predicted molar refractivity (Wildman–Crippen MR) is 78.4 cm³/mol. The number of carbonyl (C=O) groups is 1. The van der Waals surface area contributed by atoms with Crippen LogP contribution in [0.2, 0.25) is 0 Å². The van der Waals surface area contributed by atoms with Gasteiger partial charge in [-0.15, -0.1) is 0 Å². The van der Waals surface area contributed by atoms with E-state index in [4.69, 9.17) is 10.5 Å². The molecular weight excluding hydrogens is 270 g/mol. The Morgan fingerprint density at radius 1 is 1.24 bits per heavy atom. The van der Waals surface area contributed by atoms with Crippen LogP contribution in [-0.2, 0) is 0 Å². The summed E-state index contributed by atoms with van der Waals surface area (Å²) in [5.41, 5.74) is 7.35. The Hall–Kier alpha value is -2.63. The summed E-state index contributed by atoms with van der Waals surface area (Å²) in [4.78, 5) is 19.3. The molecule has 0 amide bonds. The van der Waals surface area contributed by atoms with E-state index in [2.05, 4.69) is 9.97 Å². The van der Waals surface area contributed by atoms with Crippen molar-refractivity contribution in [3.63, 3.8) is 0 Å². The van der Waals surface area contributed by atoms with E-state index in [-0.39, 0.29) is 17.2 Å². The molecule has 1 aromatic heterocycles. The van der Waals surface area contributed by atoms with Gasteiger partial charge in [-0.25, -0.2) is 14.8 Å². The minimum Gasteiger partial charge on any atom is -0.484 e. The SMILES string of the molecule is Cc1ccc(OC(C)c2nc(N)nc(C)c2C(=O)O)cc1. The second-order valence-electron chi connectivity index (χ2n) is 4.81. The first-order valence-corrected chi connectivity index (χ1v) is 6.49. The van der Waals surface area contributed by atoms with Gasteiger partial charge in [-0.1, -0.05) is 17.7 Å². The number of aromatic nitrogens is 2. The number of nitrogens with two attached hydrogens (primary N) is 1. The summed E-state index contributed by atoms with van der Waals surface area (Å²) >= 11 is 0. The molecule has 0 saturated heterocycles. The third kappa shape index (κ3) is 3.28.